The van der Waals surface area contributed by atoms with E-state index in [1.54, 1.807) is 12.1 Å². The first-order valence-electron chi connectivity index (χ1n) is 7.64. The number of rotatable bonds is 4. The zero-order valence-corrected chi connectivity index (χ0v) is 12.3. The van der Waals surface area contributed by atoms with Crippen molar-refractivity contribution in [3.05, 3.63) is 36.2 Å². The molecule has 1 fully saturated rings. The Morgan fingerprint density at radius 2 is 2.32 bits per heavy atom. The quantitative estimate of drug-likeness (QED) is 0.802. The third-order valence-corrected chi connectivity index (χ3v) is 4.12. The predicted octanol–water partition coefficient (Wildman–Crippen LogP) is 1.75. The Labute approximate surface area is 129 Å². The molecule has 1 saturated carbocycles. The molecule has 6 heteroatoms. The highest BCUT2D eigenvalue weighted by Gasteiger charge is 2.20. The van der Waals surface area contributed by atoms with E-state index in [1.807, 2.05) is 12.1 Å². The van der Waals surface area contributed by atoms with Gasteiger partial charge in [-0.2, -0.15) is 5.10 Å². The minimum Gasteiger partial charge on any atom is -0.393 e. The average Bonchev–Trinajstić information content (AvgIpc) is 3.07. The minimum atomic E-state index is -0.217. The fraction of sp³-hybridized carbons (Fsp3) is 0.438. The van der Waals surface area contributed by atoms with E-state index >= 15 is 0 Å². The molecule has 1 aromatic heterocycles. The van der Waals surface area contributed by atoms with Crippen molar-refractivity contribution in [2.75, 3.05) is 6.54 Å². The highest BCUT2D eigenvalue weighted by atomic mass is 16.3. The van der Waals surface area contributed by atoms with Crippen molar-refractivity contribution >= 4 is 5.91 Å². The molecule has 2 unspecified atom stereocenters. The van der Waals surface area contributed by atoms with Gasteiger partial charge < -0.3 is 10.4 Å². The van der Waals surface area contributed by atoms with Crippen LogP contribution in [0, 0.1) is 5.92 Å². The summed E-state index contributed by atoms with van der Waals surface area (Å²) in [5.41, 5.74) is 1.43. The van der Waals surface area contributed by atoms with Gasteiger partial charge in [0.25, 0.3) is 5.91 Å². The van der Waals surface area contributed by atoms with Crippen LogP contribution in [0.3, 0.4) is 0 Å². The Hall–Kier alpha value is -2.21. The van der Waals surface area contributed by atoms with Crippen LogP contribution in [-0.4, -0.2) is 38.8 Å². The second-order valence-electron chi connectivity index (χ2n) is 5.81. The number of aromatic nitrogens is 3. The second-order valence-corrected chi connectivity index (χ2v) is 5.81. The Morgan fingerprint density at radius 3 is 3.09 bits per heavy atom. The maximum absolute atomic E-state index is 12.3. The van der Waals surface area contributed by atoms with Crippen LogP contribution in [0.25, 0.3) is 11.4 Å². The maximum atomic E-state index is 12.3. The number of benzene rings is 1. The smallest absolute Gasteiger partial charge is 0.251 e. The molecule has 3 N–H and O–H groups in total. The fourth-order valence-electron chi connectivity index (χ4n) is 2.94. The lowest BCUT2D eigenvalue weighted by atomic mass is 9.87. The van der Waals surface area contributed by atoms with Crippen molar-refractivity contribution in [2.24, 2.45) is 5.92 Å². The zero-order valence-electron chi connectivity index (χ0n) is 12.3. The van der Waals surface area contributed by atoms with Crippen LogP contribution in [-0.2, 0) is 0 Å². The van der Waals surface area contributed by atoms with E-state index in [4.69, 9.17) is 0 Å². The van der Waals surface area contributed by atoms with E-state index in [1.165, 1.54) is 6.33 Å². The first-order valence-corrected chi connectivity index (χ1v) is 7.64. The molecule has 1 aliphatic rings. The van der Waals surface area contributed by atoms with Gasteiger partial charge in [0.15, 0.2) is 5.82 Å². The van der Waals surface area contributed by atoms with Gasteiger partial charge >= 0.3 is 0 Å². The number of carbonyl (C=O) groups excluding carboxylic acids is 1. The molecule has 2 atom stereocenters. The van der Waals surface area contributed by atoms with E-state index in [9.17, 15) is 9.90 Å². The van der Waals surface area contributed by atoms with Gasteiger partial charge in [-0.25, -0.2) is 4.98 Å². The van der Waals surface area contributed by atoms with Crippen molar-refractivity contribution in [1.82, 2.24) is 20.5 Å². The molecule has 22 heavy (non-hydrogen) atoms. The number of aliphatic hydroxyl groups is 1. The molecule has 0 bridgehead atoms. The summed E-state index contributed by atoms with van der Waals surface area (Å²) in [6.07, 6.45) is 4.97. The van der Waals surface area contributed by atoms with Gasteiger partial charge in [0.1, 0.15) is 6.33 Å². The standard InChI is InChI=1S/C16H20N4O2/c21-14-6-1-3-11(7-14)9-17-16(22)13-5-2-4-12(8-13)15-18-10-19-20-15/h2,4-5,8,10-11,14,21H,1,3,6-7,9H2,(H,17,22)(H,18,19,20). The van der Waals surface area contributed by atoms with Gasteiger partial charge in [0, 0.05) is 17.7 Å². The summed E-state index contributed by atoms with van der Waals surface area (Å²) in [4.78, 5) is 16.4. The predicted molar refractivity (Wildman–Crippen MR) is 82.1 cm³/mol. The van der Waals surface area contributed by atoms with Crippen LogP contribution in [0.15, 0.2) is 30.6 Å². The van der Waals surface area contributed by atoms with Gasteiger partial charge in [0.2, 0.25) is 0 Å². The average molecular weight is 300 g/mol. The molecule has 0 radical (unpaired) electrons. The summed E-state index contributed by atoms with van der Waals surface area (Å²) >= 11 is 0. The van der Waals surface area contributed by atoms with Gasteiger partial charge in [-0.15, -0.1) is 0 Å². The number of carbonyl (C=O) groups is 1. The Kier molecular flexibility index (Phi) is 4.48. The molecule has 3 rings (SSSR count). The molecule has 2 aromatic rings. The van der Waals surface area contributed by atoms with E-state index in [0.29, 0.717) is 23.9 Å². The molecular weight excluding hydrogens is 280 g/mol. The summed E-state index contributed by atoms with van der Waals surface area (Å²) < 4.78 is 0. The highest BCUT2D eigenvalue weighted by Crippen LogP contribution is 2.23. The van der Waals surface area contributed by atoms with Crippen LogP contribution in [0.4, 0.5) is 0 Å². The number of aliphatic hydroxyl groups excluding tert-OH is 1. The van der Waals surface area contributed by atoms with Crippen LogP contribution in [0.1, 0.15) is 36.0 Å². The van der Waals surface area contributed by atoms with Crippen molar-refractivity contribution in [1.29, 1.82) is 0 Å². The van der Waals surface area contributed by atoms with E-state index < -0.39 is 0 Å². The number of H-pyrrole nitrogens is 1. The van der Waals surface area contributed by atoms with Gasteiger partial charge in [-0.3, -0.25) is 9.89 Å². The molecule has 6 nitrogen and oxygen atoms in total. The Balaban J connectivity index is 1.61. The fourth-order valence-corrected chi connectivity index (χ4v) is 2.94. The number of aromatic amines is 1. The first-order chi connectivity index (χ1) is 10.7. The Bertz CT molecular complexity index is 627. The van der Waals surface area contributed by atoms with Gasteiger partial charge in [0.05, 0.1) is 6.10 Å². The third kappa shape index (κ3) is 3.51. The van der Waals surface area contributed by atoms with Gasteiger partial charge in [-0.1, -0.05) is 18.6 Å². The van der Waals surface area contributed by atoms with E-state index in [0.717, 1.165) is 31.2 Å². The van der Waals surface area contributed by atoms with Crippen molar-refractivity contribution < 1.29 is 9.90 Å². The normalized spacial score (nSPS) is 21.5. The highest BCUT2D eigenvalue weighted by molar-refractivity contribution is 5.95. The molecule has 1 aromatic carbocycles. The van der Waals surface area contributed by atoms with Crippen LogP contribution in [0.2, 0.25) is 0 Å². The Morgan fingerprint density at radius 1 is 1.41 bits per heavy atom. The maximum Gasteiger partial charge on any atom is 0.251 e. The monoisotopic (exact) mass is 300 g/mol. The number of nitrogens with one attached hydrogen (secondary N) is 2. The first kappa shape index (κ1) is 14.7. The number of amides is 1. The molecule has 0 saturated heterocycles. The van der Waals surface area contributed by atoms with Crippen molar-refractivity contribution in [2.45, 2.75) is 31.8 Å². The van der Waals surface area contributed by atoms with E-state index in [-0.39, 0.29) is 12.0 Å². The largest absolute Gasteiger partial charge is 0.393 e. The molecular formula is C16H20N4O2. The second kappa shape index (κ2) is 6.70. The third-order valence-electron chi connectivity index (χ3n) is 4.12. The molecule has 116 valence electrons. The molecule has 0 spiro atoms. The number of nitrogens with zero attached hydrogens (tertiary/aromatic N) is 2. The topological polar surface area (TPSA) is 90.9 Å². The minimum absolute atomic E-state index is 0.0959. The molecule has 1 amide bonds. The summed E-state index contributed by atoms with van der Waals surface area (Å²) in [6.45, 7) is 0.614. The lowest BCUT2D eigenvalue weighted by molar-refractivity contribution is 0.0874. The van der Waals surface area contributed by atoms with E-state index in [2.05, 4.69) is 20.5 Å². The van der Waals surface area contributed by atoms with Crippen LogP contribution < -0.4 is 5.32 Å². The summed E-state index contributed by atoms with van der Waals surface area (Å²) in [5, 5.41) is 19.2. The lowest BCUT2D eigenvalue weighted by Crippen LogP contribution is -2.32. The molecule has 1 aliphatic carbocycles. The molecule has 0 aliphatic heterocycles. The van der Waals surface area contributed by atoms with Crippen LogP contribution in [0.5, 0.6) is 0 Å². The lowest BCUT2D eigenvalue weighted by Gasteiger charge is -2.25. The zero-order chi connectivity index (χ0) is 15.4. The van der Waals surface area contributed by atoms with Gasteiger partial charge in [-0.05, 0) is 37.3 Å². The summed E-state index contributed by atoms with van der Waals surface area (Å²) in [5.74, 6) is 0.914. The number of hydrogen-bond donors (Lipinski definition) is 3. The van der Waals surface area contributed by atoms with Crippen molar-refractivity contribution in [3.8, 4) is 11.4 Å². The summed E-state index contributed by atoms with van der Waals surface area (Å²) in [7, 11) is 0. The SMILES string of the molecule is O=C(NCC1CCCC(O)C1)c1cccc(-c2ncn[nH]2)c1. The molecule has 1 heterocycles. The van der Waals surface area contributed by atoms with Crippen LogP contribution >= 0.6 is 0 Å². The number of hydrogen-bond acceptors (Lipinski definition) is 4. The summed E-state index contributed by atoms with van der Waals surface area (Å²) in [6, 6.07) is 7.29. The van der Waals surface area contributed by atoms with Crippen molar-refractivity contribution in [3.63, 3.8) is 0 Å².